The van der Waals surface area contributed by atoms with Gasteiger partial charge in [0.2, 0.25) is 0 Å². The summed E-state index contributed by atoms with van der Waals surface area (Å²) in [6, 6.07) is -1.31. The number of rotatable bonds is 10. The van der Waals surface area contributed by atoms with Gasteiger partial charge in [-0.25, -0.2) is 0 Å². The van der Waals surface area contributed by atoms with Crippen LogP contribution in [0.4, 0.5) is 26.3 Å². The number of hydrogen-bond acceptors (Lipinski definition) is 5. The van der Waals surface area contributed by atoms with E-state index in [9.17, 15) is 26.3 Å². The number of halogens is 6. The minimum atomic E-state index is -4.49. The molecule has 0 aliphatic rings. The minimum absolute atomic E-state index is 0.656. The monoisotopic (exact) mass is 390 g/mol. The van der Waals surface area contributed by atoms with E-state index in [4.69, 9.17) is 21.8 Å². The van der Waals surface area contributed by atoms with Crippen molar-refractivity contribution in [2.45, 2.75) is 37.3 Å². The van der Waals surface area contributed by atoms with Crippen LogP contribution in [-0.4, -0.2) is 58.4 Å². The molecule has 0 aromatic rings. The van der Waals surface area contributed by atoms with E-state index in [-0.39, 0.29) is 0 Å². The molecular weight excluding hydrogens is 370 g/mol. The lowest BCUT2D eigenvalue weighted by atomic mass is 10.5. The van der Waals surface area contributed by atoms with Gasteiger partial charge in [-0.05, 0) is 0 Å². The summed E-state index contributed by atoms with van der Waals surface area (Å²) in [5.41, 5.74) is 0. The summed E-state index contributed by atoms with van der Waals surface area (Å²) in [6.07, 6.45) is -11.5. The van der Waals surface area contributed by atoms with Crippen molar-refractivity contribution in [3.05, 3.63) is 0 Å². The molecule has 0 unspecified atom stereocenters. The molecule has 0 spiro atoms. The summed E-state index contributed by atoms with van der Waals surface area (Å²) < 4.78 is 99.7. The Kier molecular flexibility index (Phi) is 8.71. The average molecular weight is 390 g/mol. The highest BCUT2D eigenvalue weighted by atomic mass is 28.5. The van der Waals surface area contributed by atoms with E-state index in [0.29, 0.717) is 0 Å². The zero-order chi connectivity index (χ0) is 18.4. The molecule has 0 amide bonds. The zero-order valence-corrected chi connectivity index (χ0v) is 15.1. The highest BCUT2D eigenvalue weighted by Crippen LogP contribution is 2.33. The minimum Gasteiger partial charge on any atom is -0.377 e. The molecule has 0 saturated carbocycles. The second-order valence-corrected chi connectivity index (χ2v) is 10.7. The molecule has 0 aliphatic carbocycles. The topological polar surface area (TPSA) is 46.2 Å². The van der Waals surface area contributed by atoms with Crippen molar-refractivity contribution in [1.82, 2.24) is 0 Å². The van der Waals surface area contributed by atoms with Gasteiger partial charge in [0.25, 0.3) is 0 Å². The highest BCUT2D eigenvalue weighted by molar-refractivity contribution is 6.75. The molecule has 0 N–H and O–H groups in total. The van der Waals surface area contributed by atoms with E-state index in [2.05, 4.69) is 0 Å². The molecule has 0 saturated heterocycles. The molecular formula is C10H20F6O5Si2. The largest absolute Gasteiger partial charge is 0.493 e. The summed E-state index contributed by atoms with van der Waals surface area (Å²) in [5.74, 6) is 0. The van der Waals surface area contributed by atoms with E-state index in [1.165, 1.54) is 0 Å². The molecule has 140 valence electrons. The van der Waals surface area contributed by atoms with Crippen LogP contribution in [0, 0.1) is 0 Å². The Morgan fingerprint density at radius 2 is 0.870 bits per heavy atom. The van der Waals surface area contributed by atoms with E-state index < -0.39 is 54.9 Å². The summed E-state index contributed by atoms with van der Waals surface area (Å²) in [5, 5.41) is 0. The van der Waals surface area contributed by atoms with Crippen molar-refractivity contribution < 1.29 is 48.2 Å². The molecule has 0 aromatic carbocycles. The molecule has 0 heterocycles. The van der Waals surface area contributed by atoms with Crippen molar-refractivity contribution in [2.75, 3.05) is 28.4 Å². The lowest BCUT2D eigenvalue weighted by Crippen LogP contribution is -2.57. The quantitative estimate of drug-likeness (QED) is 0.423. The van der Waals surface area contributed by atoms with E-state index in [0.717, 1.165) is 28.4 Å². The Morgan fingerprint density at radius 1 is 0.609 bits per heavy atom. The first-order valence-electron chi connectivity index (χ1n) is 6.41. The lowest BCUT2D eigenvalue weighted by molar-refractivity contribution is -0.133. The molecule has 0 bridgehead atoms. The Balaban J connectivity index is 5.21. The molecule has 0 fully saturated rings. The molecule has 5 nitrogen and oxygen atoms in total. The fourth-order valence-corrected chi connectivity index (χ4v) is 8.04. The third kappa shape index (κ3) is 8.46. The van der Waals surface area contributed by atoms with Crippen LogP contribution >= 0.6 is 0 Å². The van der Waals surface area contributed by atoms with Gasteiger partial charge in [-0.1, -0.05) is 0 Å². The standard InChI is InChI=1S/C10H20F6O5Si2/c1-17-22(18-2,7-5-9(11,12)13)21-23(19-3,20-4)8-6-10(14,15)16/h5-8H2,1-4H3. The summed E-state index contributed by atoms with van der Waals surface area (Å²) >= 11 is 0. The molecule has 0 rings (SSSR count). The third-order valence-corrected chi connectivity index (χ3v) is 9.69. The zero-order valence-electron chi connectivity index (χ0n) is 13.1. The van der Waals surface area contributed by atoms with Gasteiger partial charge in [0.1, 0.15) is 0 Å². The van der Waals surface area contributed by atoms with E-state index in [1.54, 1.807) is 0 Å². The van der Waals surface area contributed by atoms with Crippen LogP contribution < -0.4 is 0 Å². The first-order valence-corrected chi connectivity index (χ1v) is 10.3. The van der Waals surface area contributed by atoms with Crippen LogP contribution in [-0.2, 0) is 21.8 Å². The second kappa shape index (κ2) is 8.78. The van der Waals surface area contributed by atoms with Crippen LogP contribution in [0.3, 0.4) is 0 Å². The van der Waals surface area contributed by atoms with Crippen LogP contribution in [0.1, 0.15) is 12.8 Å². The van der Waals surface area contributed by atoms with Gasteiger partial charge >= 0.3 is 30.0 Å². The maximum absolute atomic E-state index is 12.4. The highest BCUT2D eigenvalue weighted by Gasteiger charge is 2.54. The molecule has 0 aromatic heterocycles. The van der Waals surface area contributed by atoms with Gasteiger partial charge in [0.05, 0.1) is 0 Å². The van der Waals surface area contributed by atoms with Gasteiger partial charge in [0.15, 0.2) is 0 Å². The van der Waals surface area contributed by atoms with Gasteiger partial charge in [-0.2, -0.15) is 26.3 Å². The van der Waals surface area contributed by atoms with Crippen molar-refractivity contribution in [2.24, 2.45) is 0 Å². The van der Waals surface area contributed by atoms with Crippen LogP contribution in [0.25, 0.3) is 0 Å². The Bertz CT molecular complexity index is 312. The van der Waals surface area contributed by atoms with Gasteiger partial charge < -0.3 is 21.8 Å². The van der Waals surface area contributed by atoms with E-state index in [1.807, 2.05) is 0 Å². The van der Waals surface area contributed by atoms with Crippen molar-refractivity contribution in [1.29, 1.82) is 0 Å². The Labute approximate surface area is 132 Å². The van der Waals surface area contributed by atoms with Crippen molar-refractivity contribution >= 4 is 17.6 Å². The Morgan fingerprint density at radius 3 is 1.04 bits per heavy atom. The second-order valence-electron chi connectivity index (χ2n) is 4.51. The molecule has 0 radical (unpaired) electrons. The number of hydrogen-bond donors (Lipinski definition) is 0. The maximum atomic E-state index is 12.4. The third-order valence-electron chi connectivity index (χ3n) is 2.98. The summed E-state index contributed by atoms with van der Waals surface area (Å²) in [6.45, 7) is 0. The first kappa shape index (κ1) is 22.8. The summed E-state index contributed by atoms with van der Waals surface area (Å²) in [7, 11) is -3.53. The van der Waals surface area contributed by atoms with E-state index >= 15 is 0 Å². The molecule has 0 aliphatic heterocycles. The smallest absolute Gasteiger partial charge is 0.377 e. The first-order chi connectivity index (χ1) is 10.4. The Hall–Kier alpha value is -0.186. The number of alkyl halides is 6. The van der Waals surface area contributed by atoms with Crippen LogP contribution in [0.2, 0.25) is 12.1 Å². The maximum Gasteiger partial charge on any atom is 0.493 e. The van der Waals surface area contributed by atoms with Gasteiger partial charge in [0, 0.05) is 53.4 Å². The molecule has 0 atom stereocenters. The predicted molar refractivity (Wildman–Crippen MR) is 71.6 cm³/mol. The normalized spacial score (nSPS) is 14.3. The van der Waals surface area contributed by atoms with Crippen molar-refractivity contribution in [3.63, 3.8) is 0 Å². The lowest BCUT2D eigenvalue weighted by Gasteiger charge is -2.36. The average Bonchev–Trinajstić information content (AvgIpc) is 2.46. The van der Waals surface area contributed by atoms with Gasteiger partial charge in [-0.3, -0.25) is 0 Å². The fourth-order valence-electron chi connectivity index (χ4n) is 1.67. The molecule has 13 heteroatoms. The van der Waals surface area contributed by atoms with Crippen LogP contribution in [0.5, 0.6) is 0 Å². The fraction of sp³-hybridized carbons (Fsp3) is 1.00. The molecule has 23 heavy (non-hydrogen) atoms. The summed E-state index contributed by atoms with van der Waals surface area (Å²) in [4.78, 5) is 0. The SMILES string of the molecule is CO[Si](CCC(F)(F)F)(OC)O[Si](CCC(F)(F)F)(OC)OC. The predicted octanol–water partition coefficient (Wildman–Crippen LogP) is 3.37. The van der Waals surface area contributed by atoms with Crippen LogP contribution in [0.15, 0.2) is 0 Å². The van der Waals surface area contributed by atoms with Crippen molar-refractivity contribution in [3.8, 4) is 0 Å². The van der Waals surface area contributed by atoms with Gasteiger partial charge in [-0.15, -0.1) is 0 Å².